The number of hydrogen-bond donors (Lipinski definition) is 1. The van der Waals surface area contributed by atoms with Crippen molar-refractivity contribution in [3.63, 3.8) is 0 Å². The molecule has 0 spiro atoms. The Kier molecular flexibility index (Phi) is 3.10. The van der Waals surface area contributed by atoms with Gasteiger partial charge in [-0.3, -0.25) is 4.68 Å². The molecule has 0 saturated heterocycles. The van der Waals surface area contributed by atoms with Crippen LogP contribution in [0.3, 0.4) is 0 Å². The van der Waals surface area contributed by atoms with E-state index >= 15 is 0 Å². The van der Waals surface area contributed by atoms with Crippen molar-refractivity contribution in [2.45, 2.75) is 6.54 Å². The Morgan fingerprint density at radius 3 is 2.94 bits per heavy atom. The van der Waals surface area contributed by atoms with Gasteiger partial charge in [-0.2, -0.15) is 5.10 Å². The van der Waals surface area contributed by atoms with E-state index in [1.807, 2.05) is 13.2 Å². The number of nitrogens with zero attached hydrogens (tertiary/aromatic N) is 2. The van der Waals surface area contributed by atoms with Gasteiger partial charge in [0.1, 0.15) is 5.82 Å². The molecule has 0 atom stereocenters. The van der Waals surface area contributed by atoms with Crippen molar-refractivity contribution in [2.24, 2.45) is 7.05 Å². The maximum absolute atomic E-state index is 13.4. The van der Waals surface area contributed by atoms with E-state index < -0.39 is 0 Å². The number of anilines is 1. The van der Waals surface area contributed by atoms with Crippen molar-refractivity contribution in [3.8, 4) is 0 Å². The average molecular weight is 240 g/mol. The highest BCUT2D eigenvalue weighted by Crippen LogP contribution is 2.24. The summed E-state index contributed by atoms with van der Waals surface area (Å²) in [5, 5.41) is 7.35. The summed E-state index contributed by atoms with van der Waals surface area (Å²) in [6.45, 7) is 0.495. The fourth-order valence-corrected chi connectivity index (χ4v) is 1.65. The number of hydrogen-bond acceptors (Lipinski definition) is 2. The van der Waals surface area contributed by atoms with Gasteiger partial charge >= 0.3 is 0 Å². The van der Waals surface area contributed by atoms with Crippen LogP contribution in [0.5, 0.6) is 0 Å². The highest BCUT2D eigenvalue weighted by Gasteiger charge is 2.06. The van der Waals surface area contributed by atoms with E-state index in [1.54, 1.807) is 23.0 Å². The zero-order chi connectivity index (χ0) is 11.5. The van der Waals surface area contributed by atoms with Gasteiger partial charge < -0.3 is 5.32 Å². The molecule has 0 fully saturated rings. The van der Waals surface area contributed by atoms with Crippen LogP contribution in [0.15, 0.2) is 30.6 Å². The SMILES string of the molecule is Cn1cc(CNc2c(F)cccc2Cl)cn1. The minimum absolute atomic E-state index is 0.327. The summed E-state index contributed by atoms with van der Waals surface area (Å²) in [6, 6.07) is 4.60. The Morgan fingerprint density at radius 1 is 1.50 bits per heavy atom. The predicted octanol–water partition coefficient (Wildman–Crippen LogP) is 2.82. The smallest absolute Gasteiger partial charge is 0.147 e. The highest BCUT2D eigenvalue weighted by atomic mass is 35.5. The lowest BCUT2D eigenvalue weighted by molar-refractivity contribution is 0.630. The topological polar surface area (TPSA) is 29.9 Å². The molecule has 0 radical (unpaired) electrons. The largest absolute Gasteiger partial charge is 0.377 e. The molecule has 0 amide bonds. The minimum atomic E-state index is -0.351. The van der Waals surface area contributed by atoms with Crippen LogP contribution in [-0.2, 0) is 13.6 Å². The molecule has 2 aromatic rings. The maximum atomic E-state index is 13.4. The number of halogens is 2. The number of para-hydroxylation sites is 1. The summed E-state index contributed by atoms with van der Waals surface area (Å²) < 4.78 is 15.1. The summed E-state index contributed by atoms with van der Waals surface area (Å²) >= 11 is 5.88. The first kappa shape index (κ1) is 11.0. The molecule has 16 heavy (non-hydrogen) atoms. The number of aromatic nitrogens is 2. The molecule has 2 rings (SSSR count). The van der Waals surface area contributed by atoms with Gasteiger partial charge in [-0.05, 0) is 12.1 Å². The molecule has 0 aliphatic carbocycles. The summed E-state index contributed by atoms with van der Waals surface area (Å²) in [5.74, 6) is -0.351. The lowest BCUT2D eigenvalue weighted by atomic mass is 10.3. The molecule has 1 heterocycles. The van der Waals surface area contributed by atoms with E-state index in [9.17, 15) is 4.39 Å². The molecule has 0 bridgehead atoms. The van der Waals surface area contributed by atoms with Crippen molar-refractivity contribution in [2.75, 3.05) is 5.32 Å². The molecular weight excluding hydrogens is 229 g/mol. The molecule has 0 aliphatic heterocycles. The van der Waals surface area contributed by atoms with Gasteiger partial charge in [-0.25, -0.2) is 4.39 Å². The summed E-state index contributed by atoms with van der Waals surface area (Å²) in [6.07, 6.45) is 3.59. The van der Waals surface area contributed by atoms with E-state index in [-0.39, 0.29) is 5.82 Å². The van der Waals surface area contributed by atoms with Gasteiger partial charge in [0.15, 0.2) is 0 Å². The van der Waals surface area contributed by atoms with Gasteiger partial charge in [0.2, 0.25) is 0 Å². The second kappa shape index (κ2) is 4.53. The number of benzene rings is 1. The van der Waals surface area contributed by atoms with Crippen LogP contribution in [0.1, 0.15) is 5.56 Å². The van der Waals surface area contributed by atoms with Crippen molar-refractivity contribution >= 4 is 17.3 Å². The Balaban J connectivity index is 2.10. The second-order valence-corrected chi connectivity index (χ2v) is 3.88. The van der Waals surface area contributed by atoms with Crippen LogP contribution in [0.2, 0.25) is 5.02 Å². The Bertz CT molecular complexity index is 475. The van der Waals surface area contributed by atoms with E-state index in [0.29, 0.717) is 17.3 Å². The standard InChI is InChI=1S/C11H11ClFN3/c1-16-7-8(6-15-16)5-14-11-9(12)3-2-4-10(11)13/h2-4,6-7,14H,5H2,1H3. The summed E-state index contributed by atoms with van der Waals surface area (Å²) in [7, 11) is 1.83. The monoisotopic (exact) mass is 239 g/mol. The lowest BCUT2D eigenvalue weighted by Gasteiger charge is -2.07. The first-order valence-corrected chi connectivity index (χ1v) is 5.20. The van der Waals surface area contributed by atoms with Crippen LogP contribution in [0.25, 0.3) is 0 Å². The third-order valence-electron chi connectivity index (χ3n) is 2.19. The lowest BCUT2D eigenvalue weighted by Crippen LogP contribution is -2.01. The number of aryl methyl sites for hydroxylation is 1. The molecule has 0 aliphatic rings. The van der Waals surface area contributed by atoms with E-state index in [2.05, 4.69) is 10.4 Å². The van der Waals surface area contributed by atoms with E-state index in [0.717, 1.165) is 5.56 Å². The Hall–Kier alpha value is -1.55. The van der Waals surface area contributed by atoms with Gasteiger partial charge in [-0.15, -0.1) is 0 Å². The summed E-state index contributed by atoms with van der Waals surface area (Å²) in [5.41, 5.74) is 1.30. The molecule has 1 aromatic heterocycles. The first-order chi connectivity index (χ1) is 7.66. The predicted molar refractivity (Wildman–Crippen MR) is 61.9 cm³/mol. The van der Waals surface area contributed by atoms with Crippen molar-refractivity contribution in [1.29, 1.82) is 0 Å². The zero-order valence-electron chi connectivity index (χ0n) is 8.74. The molecular formula is C11H11ClFN3. The Labute approximate surface area is 97.8 Å². The fraction of sp³-hybridized carbons (Fsp3) is 0.182. The third kappa shape index (κ3) is 2.33. The molecule has 3 nitrogen and oxygen atoms in total. The fourth-order valence-electron chi connectivity index (χ4n) is 1.42. The summed E-state index contributed by atoms with van der Waals surface area (Å²) in [4.78, 5) is 0. The molecule has 0 unspecified atom stereocenters. The van der Waals surface area contributed by atoms with Crippen LogP contribution >= 0.6 is 11.6 Å². The zero-order valence-corrected chi connectivity index (χ0v) is 9.50. The third-order valence-corrected chi connectivity index (χ3v) is 2.51. The average Bonchev–Trinajstić information content (AvgIpc) is 2.63. The number of nitrogens with one attached hydrogen (secondary N) is 1. The molecule has 0 saturated carbocycles. The van der Waals surface area contributed by atoms with Crippen LogP contribution in [0, 0.1) is 5.82 Å². The molecule has 1 aromatic carbocycles. The minimum Gasteiger partial charge on any atom is -0.377 e. The van der Waals surface area contributed by atoms with Gasteiger partial charge in [0.25, 0.3) is 0 Å². The molecule has 84 valence electrons. The van der Waals surface area contributed by atoms with Gasteiger partial charge in [0, 0.05) is 25.4 Å². The highest BCUT2D eigenvalue weighted by molar-refractivity contribution is 6.33. The Morgan fingerprint density at radius 2 is 2.31 bits per heavy atom. The van der Waals surface area contributed by atoms with Crippen molar-refractivity contribution < 1.29 is 4.39 Å². The van der Waals surface area contributed by atoms with Crippen LogP contribution in [0.4, 0.5) is 10.1 Å². The first-order valence-electron chi connectivity index (χ1n) is 4.82. The van der Waals surface area contributed by atoms with Gasteiger partial charge in [0.05, 0.1) is 16.9 Å². The van der Waals surface area contributed by atoms with E-state index in [1.165, 1.54) is 6.07 Å². The van der Waals surface area contributed by atoms with Crippen molar-refractivity contribution in [1.82, 2.24) is 9.78 Å². The molecule has 1 N–H and O–H groups in total. The van der Waals surface area contributed by atoms with Crippen molar-refractivity contribution in [3.05, 3.63) is 47.0 Å². The molecule has 5 heteroatoms. The maximum Gasteiger partial charge on any atom is 0.147 e. The quantitative estimate of drug-likeness (QED) is 0.893. The van der Waals surface area contributed by atoms with Crippen LogP contribution in [-0.4, -0.2) is 9.78 Å². The van der Waals surface area contributed by atoms with E-state index in [4.69, 9.17) is 11.6 Å². The number of rotatable bonds is 3. The second-order valence-electron chi connectivity index (χ2n) is 3.47. The van der Waals surface area contributed by atoms with Gasteiger partial charge in [-0.1, -0.05) is 17.7 Å². The van der Waals surface area contributed by atoms with Crippen LogP contribution < -0.4 is 5.32 Å². The normalized spacial score (nSPS) is 10.4.